The average Bonchev–Trinajstić information content (AvgIpc) is 2.98. The van der Waals surface area contributed by atoms with Crippen molar-refractivity contribution in [3.05, 3.63) is 101 Å². The summed E-state index contributed by atoms with van der Waals surface area (Å²) in [5.41, 5.74) is 1.65. The number of hydrogen-bond donors (Lipinski definition) is 0. The number of nitrogens with zero attached hydrogens (tertiary/aromatic N) is 1. The van der Waals surface area contributed by atoms with E-state index in [4.69, 9.17) is 9.57 Å². The lowest BCUT2D eigenvalue weighted by Crippen LogP contribution is -2.32. The Hall–Kier alpha value is -3.93. The molecule has 138 valence electrons. The Morgan fingerprint density at radius 2 is 1.32 bits per heavy atom. The van der Waals surface area contributed by atoms with Gasteiger partial charge in [0.1, 0.15) is 12.4 Å². The normalized spacial score (nSPS) is 12.6. The molecular formula is C22H15NO5. The third kappa shape index (κ3) is 3.35. The van der Waals surface area contributed by atoms with Gasteiger partial charge in [0.2, 0.25) is 0 Å². The predicted molar refractivity (Wildman–Crippen MR) is 99.6 cm³/mol. The number of hydroxylamine groups is 2. The Labute approximate surface area is 160 Å². The van der Waals surface area contributed by atoms with Crippen LogP contribution in [0.25, 0.3) is 0 Å². The molecule has 0 radical (unpaired) electrons. The summed E-state index contributed by atoms with van der Waals surface area (Å²) < 4.78 is 5.67. The minimum absolute atomic E-state index is 0.198. The molecule has 0 saturated carbocycles. The highest BCUT2D eigenvalue weighted by Crippen LogP contribution is 2.23. The molecule has 0 spiro atoms. The standard InChI is InChI=1S/C22H15NO5/c24-20-18-8-4-5-9-19(18)21(25)23(20)28-22(26)16-10-12-17(13-11-16)27-14-15-6-2-1-3-7-15/h1-13H,14H2. The Kier molecular flexibility index (Phi) is 4.60. The molecule has 1 aliphatic heterocycles. The van der Waals surface area contributed by atoms with Gasteiger partial charge in [0, 0.05) is 0 Å². The van der Waals surface area contributed by atoms with Crippen LogP contribution >= 0.6 is 0 Å². The first-order valence-corrected chi connectivity index (χ1v) is 8.60. The lowest BCUT2D eigenvalue weighted by molar-refractivity contribution is -0.0584. The van der Waals surface area contributed by atoms with Gasteiger partial charge in [-0.15, -0.1) is 0 Å². The van der Waals surface area contributed by atoms with Crippen molar-refractivity contribution in [3.8, 4) is 5.75 Å². The van der Waals surface area contributed by atoms with Crippen LogP contribution in [-0.2, 0) is 11.4 Å². The summed E-state index contributed by atoms with van der Waals surface area (Å²) in [7, 11) is 0. The fourth-order valence-electron chi connectivity index (χ4n) is 2.81. The largest absolute Gasteiger partial charge is 0.489 e. The maximum Gasteiger partial charge on any atom is 0.363 e. The molecule has 0 N–H and O–H groups in total. The molecule has 0 atom stereocenters. The monoisotopic (exact) mass is 373 g/mol. The average molecular weight is 373 g/mol. The SMILES string of the molecule is O=C(ON1C(=O)c2ccccc2C1=O)c1ccc(OCc2ccccc2)cc1. The fourth-order valence-corrected chi connectivity index (χ4v) is 2.81. The van der Waals surface area contributed by atoms with Crippen LogP contribution in [0, 0.1) is 0 Å². The molecule has 0 aromatic heterocycles. The summed E-state index contributed by atoms with van der Waals surface area (Å²) in [6.45, 7) is 0.402. The van der Waals surface area contributed by atoms with E-state index in [0.29, 0.717) is 17.4 Å². The van der Waals surface area contributed by atoms with E-state index in [1.54, 1.807) is 24.3 Å². The number of carbonyl (C=O) groups excluding carboxylic acids is 3. The van der Waals surface area contributed by atoms with Crippen LogP contribution in [0.2, 0.25) is 0 Å². The highest BCUT2D eigenvalue weighted by molar-refractivity contribution is 6.21. The van der Waals surface area contributed by atoms with E-state index in [9.17, 15) is 14.4 Å². The number of hydrogen-bond acceptors (Lipinski definition) is 5. The zero-order valence-corrected chi connectivity index (χ0v) is 14.7. The van der Waals surface area contributed by atoms with Gasteiger partial charge in [-0.3, -0.25) is 9.59 Å². The Morgan fingerprint density at radius 3 is 1.93 bits per heavy atom. The predicted octanol–water partition coefficient (Wildman–Crippen LogP) is 3.63. The van der Waals surface area contributed by atoms with Gasteiger partial charge in [0.05, 0.1) is 16.7 Å². The molecule has 4 rings (SSSR count). The quantitative estimate of drug-likeness (QED) is 0.639. The van der Waals surface area contributed by atoms with Gasteiger partial charge in [0.25, 0.3) is 11.8 Å². The zero-order chi connectivity index (χ0) is 19.5. The third-order valence-electron chi connectivity index (χ3n) is 4.27. The van der Waals surface area contributed by atoms with Gasteiger partial charge in [-0.05, 0) is 42.0 Å². The molecule has 0 bridgehead atoms. The van der Waals surface area contributed by atoms with E-state index in [0.717, 1.165) is 5.56 Å². The van der Waals surface area contributed by atoms with Gasteiger partial charge in [0.15, 0.2) is 0 Å². The molecule has 0 aliphatic carbocycles. The van der Waals surface area contributed by atoms with Crippen molar-refractivity contribution >= 4 is 17.8 Å². The maximum atomic E-state index is 12.3. The topological polar surface area (TPSA) is 72.9 Å². The molecule has 0 fully saturated rings. The van der Waals surface area contributed by atoms with Crippen LogP contribution in [0.1, 0.15) is 36.6 Å². The first-order chi connectivity index (χ1) is 13.6. The Bertz CT molecular complexity index is 1010. The van der Waals surface area contributed by atoms with Gasteiger partial charge in [-0.2, -0.15) is 0 Å². The van der Waals surface area contributed by atoms with Crippen LogP contribution in [-0.4, -0.2) is 22.8 Å². The summed E-state index contributed by atoms with van der Waals surface area (Å²) in [5, 5.41) is 0.493. The smallest absolute Gasteiger partial charge is 0.363 e. The first kappa shape index (κ1) is 17.5. The van der Waals surface area contributed by atoms with Gasteiger partial charge < -0.3 is 9.57 Å². The summed E-state index contributed by atoms with van der Waals surface area (Å²) in [5.74, 6) is -1.53. The van der Waals surface area contributed by atoms with E-state index >= 15 is 0 Å². The lowest BCUT2D eigenvalue weighted by atomic mass is 10.1. The number of amides is 2. The van der Waals surface area contributed by atoms with Crippen molar-refractivity contribution < 1.29 is 24.0 Å². The van der Waals surface area contributed by atoms with Crippen LogP contribution in [0.4, 0.5) is 0 Å². The number of imide groups is 1. The summed E-state index contributed by atoms with van der Waals surface area (Å²) in [4.78, 5) is 41.9. The van der Waals surface area contributed by atoms with Crippen molar-refractivity contribution in [3.63, 3.8) is 0 Å². The fraction of sp³-hybridized carbons (Fsp3) is 0.0455. The molecule has 2 amide bonds. The van der Waals surface area contributed by atoms with Gasteiger partial charge in [-0.25, -0.2) is 4.79 Å². The number of fused-ring (bicyclic) bond motifs is 1. The summed E-state index contributed by atoms with van der Waals surface area (Å²) in [6.07, 6.45) is 0. The molecule has 0 unspecified atom stereocenters. The molecule has 6 heteroatoms. The van der Waals surface area contributed by atoms with Crippen LogP contribution in [0.15, 0.2) is 78.9 Å². The van der Waals surface area contributed by atoms with E-state index < -0.39 is 17.8 Å². The third-order valence-corrected chi connectivity index (χ3v) is 4.27. The number of carbonyl (C=O) groups is 3. The molecule has 0 saturated heterocycles. The summed E-state index contributed by atoms with van der Waals surface area (Å²) in [6, 6.07) is 22.3. The highest BCUT2D eigenvalue weighted by atomic mass is 16.7. The number of benzene rings is 3. The van der Waals surface area contributed by atoms with Gasteiger partial charge in [-0.1, -0.05) is 47.5 Å². The second-order valence-electron chi connectivity index (χ2n) is 6.13. The zero-order valence-electron chi connectivity index (χ0n) is 14.7. The highest BCUT2D eigenvalue weighted by Gasteiger charge is 2.38. The van der Waals surface area contributed by atoms with Gasteiger partial charge >= 0.3 is 5.97 Å². The van der Waals surface area contributed by atoms with Crippen molar-refractivity contribution in [1.82, 2.24) is 5.06 Å². The van der Waals surface area contributed by atoms with E-state index in [2.05, 4.69) is 0 Å². The number of ether oxygens (including phenoxy) is 1. The molecule has 3 aromatic carbocycles. The van der Waals surface area contributed by atoms with Crippen LogP contribution < -0.4 is 4.74 Å². The second-order valence-corrected chi connectivity index (χ2v) is 6.13. The second kappa shape index (κ2) is 7.36. The molecular weight excluding hydrogens is 358 g/mol. The Balaban J connectivity index is 1.40. The van der Waals surface area contributed by atoms with Crippen LogP contribution in [0.5, 0.6) is 5.75 Å². The van der Waals surface area contributed by atoms with E-state index in [1.165, 1.54) is 24.3 Å². The summed E-state index contributed by atoms with van der Waals surface area (Å²) >= 11 is 0. The minimum atomic E-state index is -0.802. The van der Waals surface area contributed by atoms with Crippen molar-refractivity contribution in [2.75, 3.05) is 0 Å². The lowest BCUT2D eigenvalue weighted by Gasteiger charge is -2.13. The molecule has 1 aliphatic rings. The molecule has 28 heavy (non-hydrogen) atoms. The van der Waals surface area contributed by atoms with Crippen molar-refractivity contribution in [2.24, 2.45) is 0 Å². The Morgan fingerprint density at radius 1 is 0.750 bits per heavy atom. The maximum absolute atomic E-state index is 12.3. The number of rotatable bonds is 5. The molecule has 1 heterocycles. The molecule has 3 aromatic rings. The van der Waals surface area contributed by atoms with E-state index in [1.807, 2.05) is 30.3 Å². The van der Waals surface area contributed by atoms with Crippen molar-refractivity contribution in [1.29, 1.82) is 0 Å². The minimum Gasteiger partial charge on any atom is -0.489 e. The molecule has 6 nitrogen and oxygen atoms in total. The van der Waals surface area contributed by atoms with E-state index in [-0.39, 0.29) is 16.7 Å². The van der Waals surface area contributed by atoms with Crippen molar-refractivity contribution in [2.45, 2.75) is 6.61 Å². The van der Waals surface area contributed by atoms with Crippen LogP contribution in [0.3, 0.4) is 0 Å². The first-order valence-electron chi connectivity index (χ1n) is 8.60.